The summed E-state index contributed by atoms with van der Waals surface area (Å²) >= 11 is 0. The fourth-order valence-electron chi connectivity index (χ4n) is 3.00. The van der Waals surface area contributed by atoms with Crippen LogP contribution in [0.4, 0.5) is 5.69 Å². The number of para-hydroxylation sites is 1. The first-order chi connectivity index (χ1) is 13.7. The molecule has 1 aromatic heterocycles. The van der Waals surface area contributed by atoms with Crippen LogP contribution in [0.3, 0.4) is 0 Å². The highest BCUT2D eigenvalue weighted by atomic mass is 16.5. The average Bonchev–Trinajstić information content (AvgIpc) is 3.47. The lowest BCUT2D eigenvalue weighted by molar-refractivity contribution is 0.0526. The molecule has 0 unspecified atom stereocenters. The molecule has 2 aromatic carbocycles. The van der Waals surface area contributed by atoms with Gasteiger partial charge in [0.25, 0.3) is 5.91 Å². The van der Waals surface area contributed by atoms with E-state index in [1.807, 2.05) is 36.4 Å². The number of anilines is 1. The number of rotatable bonds is 6. The molecule has 6 nitrogen and oxygen atoms in total. The van der Waals surface area contributed by atoms with Gasteiger partial charge >= 0.3 is 5.97 Å². The summed E-state index contributed by atoms with van der Waals surface area (Å²) in [6, 6.07) is 18.1. The lowest BCUT2D eigenvalue weighted by Gasteiger charge is -2.09. The van der Waals surface area contributed by atoms with E-state index < -0.39 is 0 Å². The number of esters is 1. The number of aromatic nitrogens is 2. The van der Waals surface area contributed by atoms with E-state index in [9.17, 15) is 9.59 Å². The Labute approximate surface area is 163 Å². The van der Waals surface area contributed by atoms with E-state index in [1.165, 1.54) is 0 Å². The maximum atomic E-state index is 12.9. The van der Waals surface area contributed by atoms with Gasteiger partial charge in [0.1, 0.15) is 5.69 Å². The highest BCUT2D eigenvalue weighted by molar-refractivity contribution is 6.03. The molecule has 0 saturated heterocycles. The van der Waals surface area contributed by atoms with Gasteiger partial charge < -0.3 is 10.1 Å². The third-order valence-corrected chi connectivity index (χ3v) is 4.61. The second-order valence-electron chi connectivity index (χ2n) is 6.73. The van der Waals surface area contributed by atoms with Crippen molar-refractivity contribution in [3.05, 3.63) is 77.6 Å². The van der Waals surface area contributed by atoms with E-state index in [1.54, 1.807) is 35.9 Å². The fourth-order valence-corrected chi connectivity index (χ4v) is 3.00. The summed E-state index contributed by atoms with van der Waals surface area (Å²) in [5.74, 6) is -0.177. The molecule has 0 aliphatic heterocycles. The Balaban J connectivity index is 1.57. The van der Waals surface area contributed by atoms with Gasteiger partial charge in [-0.15, -0.1) is 0 Å². The topological polar surface area (TPSA) is 73.2 Å². The second-order valence-corrected chi connectivity index (χ2v) is 6.73. The molecule has 1 aliphatic rings. The van der Waals surface area contributed by atoms with Gasteiger partial charge in [-0.05, 0) is 62.2 Å². The molecule has 28 heavy (non-hydrogen) atoms. The first kappa shape index (κ1) is 18.0. The van der Waals surface area contributed by atoms with Crippen LogP contribution < -0.4 is 5.32 Å². The Hall–Kier alpha value is -3.41. The molecule has 1 heterocycles. The van der Waals surface area contributed by atoms with Crippen molar-refractivity contribution in [3.8, 4) is 5.69 Å². The Morgan fingerprint density at radius 1 is 1.11 bits per heavy atom. The van der Waals surface area contributed by atoms with Gasteiger partial charge in [0.15, 0.2) is 0 Å². The van der Waals surface area contributed by atoms with Gasteiger partial charge in [-0.1, -0.05) is 18.2 Å². The van der Waals surface area contributed by atoms with Crippen molar-refractivity contribution in [3.63, 3.8) is 0 Å². The van der Waals surface area contributed by atoms with E-state index >= 15 is 0 Å². The number of nitrogens with zero attached hydrogens (tertiary/aromatic N) is 2. The van der Waals surface area contributed by atoms with Crippen LogP contribution in [0.5, 0.6) is 0 Å². The third-order valence-electron chi connectivity index (χ3n) is 4.61. The van der Waals surface area contributed by atoms with Crippen molar-refractivity contribution in [2.45, 2.75) is 25.7 Å². The number of nitrogens with one attached hydrogen (secondary N) is 1. The zero-order valence-electron chi connectivity index (χ0n) is 15.6. The molecule has 1 N–H and O–H groups in total. The van der Waals surface area contributed by atoms with Gasteiger partial charge in [-0.2, -0.15) is 5.10 Å². The van der Waals surface area contributed by atoms with Crippen molar-refractivity contribution < 1.29 is 14.3 Å². The monoisotopic (exact) mass is 375 g/mol. The maximum absolute atomic E-state index is 12.9. The molecule has 1 saturated carbocycles. The normalized spacial score (nSPS) is 13.2. The van der Waals surface area contributed by atoms with Crippen LogP contribution in [0.15, 0.2) is 60.7 Å². The van der Waals surface area contributed by atoms with Crippen molar-refractivity contribution in [2.75, 3.05) is 11.9 Å². The van der Waals surface area contributed by atoms with Crippen molar-refractivity contribution >= 4 is 17.6 Å². The predicted octanol–water partition coefficient (Wildman–Crippen LogP) is 4.18. The number of benzene rings is 2. The molecule has 142 valence electrons. The third kappa shape index (κ3) is 3.81. The van der Waals surface area contributed by atoms with Gasteiger partial charge in [-0.25, -0.2) is 9.48 Å². The molecule has 0 radical (unpaired) electrons. The summed E-state index contributed by atoms with van der Waals surface area (Å²) < 4.78 is 6.67. The number of amides is 1. The lowest BCUT2D eigenvalue weighted by atomic mass is 10.2. The van der Waals surface area contributed by atoms with Crippen molar-refractivity contribution in [1.82, 2.24) is 9.78 Å². The van der Waals surface area contributed by atoms with Gasteiger partial charge in [0.05, 0.1) is 23.6 Å². The molecule has 1 amide bonds. The first-order valence-electron chi connectivity index (χ1n) is 9.39. The molecular formula is C22H21N3O3. The smallest absolute Gasteiger partial charge is 0.338 e. The minimum Gasteiger partial charge on any atom is -0.462 e. The van der Waals surface area contributed by atoms with Crippen LogP contribution in [0.2, 0.25) is 0 Å². The zero-order chi connectivity index (χ0) is 19.5. The van der Waals surface area contributed by atoms with Crippen LogP contribution in [0.25, 0.3) is 5.69 Å². The Bertz CT molecular complexity index is 990. The summed E-state index contributed by atoms with van der Waals surface area (Å²) in [6.07, 6.45) is 2.23. The van der Waals surface area contributed by atoms with Crippen LogP contribution in [0.1, 0.15) is 52.2 Å². The summed E-state index contributed by atoms with van der Waals surface area (Å²) in [5.41, 5.74) is 3.34. The predicted molar refractivity (Wildman–Crippen MR) is 106 cm³/mol. The Morgan fingerprint density at radius 2 is 1.82 bits per heavy atom. The summed E-state index contributed by atoms with van der Waals surface area (Å²) in [5, 5.41) is 7.54. The minimum atomic E-state index is -0.378. The van der Waals surface area contributed by atoms with E-state index in [-0.39, 0.29) is 11.9 Å². The van der Waals surface area contributed by atoms with Crippen LogP contribution in [0, 0.1) is 0 Å². The quantitative estimate of drug-likeness (QED) is 0.656. The zero-order valence-corrected chi connectivity index (χ0v) is 15.6. The average molecular weight is 375 g/mol. The fraction of sp³-hybridized carbons (Fsp3) is 0.227. The molecule has 0 atom stereocenters. The van der Waals surface area contributed by atoms with Crippen molar-refractivity contribution in [2.24, 2.45) is 0 Å². The summed E-state index contributed by atoms with van der Waals surface area (Å²) in [7, 11) is 0. The molecule has 0 spiro atoms. The SMILES string of the molecule is CCOC(=O)c1ccc(NC(=O)c2cc(C3CC3)nn2-c2ccccc2)cc1. The van der Waals surface area contributed by atoms with Crippen molar-refractivity contribution in [1.29, 1.82) is 0 Å². The Kier molecular flexibility index (Phi) is 4.93. The second kappa shape index (κ2) is 7.68. The number of hydrogen-bond donors (Lipinski definition) is 1. The molecule has 4 rings (SSSR count). The largest absolute Gasteiger partial charge is 0.462 e. The molecule has 6 heteroatoms. The molecule has 0 bridgehead atoms. The van der Waals surface area contributed by atoms with Gasteiger partial charge in [0.2, 0.25) is 0 Å². The van der Waals surface area contributed by atoms with Gasteiger partial charge in [0, 0.05) is 11.6 Å². The Morgan fingerprint density at radius 3 is 2.46 bits per heavy atom. The molecule has 3 aromatic rings. The number of carbonyl (C=O) groups is 2. The van der Waals surface area contributed by atoms with E-state index in [4.69, 9.17) is 4.74 Å². The van der Waals surface area contributed by atoms with Gasteiger partial charge in [-0.3, -0.25) is 4.79 Å². The highest BCUT2D eigenvalue weighted by Gasteiger charge is 2.29. The molecule has 1 fully saturated rings. The van der Waals surface area contributed by atoms with E-state index in [0.29, 0.717) is 29.5 Å². The van der Waals surface area contributed by atoms with Crippen LogP contribution in [-0.4, -0.2) is 28.3 Å². The minimum absolute atomic E-state index is 0.243. The summed E-state index contributed by atoms with van der Waals surface area (Å²) in [6.45, 7) is 2.09. The number of ether oxygens (including phenoxy) is 1. The number of hydrogen-bond acceptors (Lipinski definition) is 4. The van der Waals surface area contributed by atoms with Crippen LogP contribution in [-0.2, 0) is 4.74 Å². The molecular weight excluding hydrogens is 354 g/mol. The first-order valence-corrected chi connectivity index (χ1v) is 9.39. The number of carbonyl (C=O) groups excluding carboxylic acids is 2. The summed E-state index contributed by atoms with van der Waals surface area (Å²) in [4.78, 5) is 24.7. The van der Waals surface area contributed by atoms with E-state index in [2.05, 4.69) is 10.4 Å². The maximum Gasteiger partial charge on any atom is 0.338 e. The standard InChI is InChI=1S/C22H21N3O3/c1-2-28-22(27)16-10-12-17(13-11-16)23-21(26)20-14-19(15-8-9-15)24-25(20)18-6-4-3-5-7-18/h3-7,10-15H,2,8-9H2,1H3,(H,23,26). The molecule has 1 aliphatic carbocycles. The lowest BCUT2D eigenvalue weighted by Crippen LogP contribution is -2.17. The van der Waals surface area contributed by atoms with E-state index in [0.717, 1.165) is 24.2 Å². The van der Waals surface area contributed by atoms with Crippen LogP contribution >= 0.6 is 0 Å². The highest BCUT2D eigenvalue weighted by Crippen LogP contribution is 2.39.